The fraction of sp³-hybridized carbons (Fsp3) is 0.550. The maximum Gasteiger partial charge on any atom is 0.233 e. The minimum absolute atomic E-state index is 0.0125. The van der Waals surface area contributed by atoms with E-state index in [0.29, 0.717) is 19.5 Å². The molecule has 0 saturated carbocycles. The number of carbonyl (C=O) groups is 3. The van der Waals surface area contributed by atoms with Crippen LogP contribution in [0.15, 0.2) is 18.2 Å². The molecular weight excluding hydrogens is 351 g/mol. The molecule has 3 amide bonds. The summed E-state index contributed by atoms with van der Waals surface area (Å²) in [5.41, 5.74) is 0.240. The molecule has 2 heterocycles. The lowest BCUT2D eigenvalue weighted by atomic mass is 9.83. The van der Waals surface area contributed by atoms with Crippen molar-refractivity contribution >= 4 is 17.7 Å². The van der Waals surface area contributed by atoms with E-state index in [1.807, 2.05) is 4.90 Å². The summed E-state index contributed by atoms with van der Waals surface area (Å²) in [5.74, 6) is -0.423. The lowest BCUT2D eigenvalue weighted by molar-refractivity contribution is -0.133. The van der Waals surface area contributed by atoms with Gasteiger partial charge in [-0.2, -0.15) is 0 Å². The van der Waals surface area contributed by atoms with Crippen molar-refractivity contribution in [1.82, 2.24) is 10.2 Å². The molecule has 0 bridgehead atoms. The quantitative estimate of drug-likeness (QED) is 0.801. The van der Waals surface area contributed by atoms with Crippen molar-refractivity contribution in [3.8, 4) is 5.75 Å². The summed E-state index contributed by atoms with van der Waals surface area (Å²) in [6.45, 7) is 2.99. The van der Waals surface area contributed by atoms with Gasteiger partial charge in [-0.15, -0.1) is 0 Å². The average Bonchev–Trinajstić information content (AvgIpc) is 2.92. The summed E-state index contributed by atoms with van der Waals surface area (Å²) in [5, 5.41) is 2.31. The van der Waals surface area contributed by atoms with Gasteiger partial charge < -0.3 is 9.64 Å². The molecule has 6 nitrogen and oxygen atoms in total. The molecule has 2 aliphatic heterocycles. The Morgan fingerprint density at radius 1 is 1.33 bits per heavy atom. The molecule has 1 N–H and O–H groups in total. The standard InChI is InChI=1S/C20H25FN2O4/c1-20(12-17(24)22-19(20)26)8-5-18(25)23-9-6-13(7-10-23)14-3-4-15(21)16(11-14)27-2/h3-4,11,13H,5-10,12H2,1-2H3,(H,22,24,26). The second-order valence-corrected chi connectivity index (χ2v) is 7.66. The molecule has 2 aliphatic rings. The van der Waals surface area contributed by atoms with Gasteiger partial charge in [0.05, 0.1) is 12.5 Å². The number of ether oxygens (including phenoxy) is 1. The van der Waals surface area contributed by atoms with E-state index in [1.54, 1.807) is 19.1 Å². The van der Waals surface area contributed by atoms with Gasteiger partial charge in [0.2, 0.25) is 17.7 Å². The van der Waals surface area contributed by atoms with E-state index >= 15 is 0 Å². The maximum atomic E-state index is 13.6. The van der Waals surface area contributed by atoms with E-state index in [2.05, 4.69) is 5.32 Å². The van der Waals surface area contributed by atoms with Crippen LogP contribution in [0.1, 0.15) is 50.5 Å². The lowest BCUT2D eigenvalue weighted by Gasteiger charge is -2.33. The Hall–Kier alpha value is -2.44. The topological polar surface area (TPSA) is 75.7 Å². The second kappa shape index (κ2) is 7.66. The Kier molecular flexibility index (Phi) is 5.48. The van der Waals surface area contributed by atoms with Crippen LogP contribution in [-0.4, -0.2) is 42.8 Å². The Morgan fingerprint density at radius 3 is 2.63 bits per heavy atom. The molecule has 0 radical (unpaired) electrons. The molecule has 27 heavy (non-hydrogen) atoms. The van der Waals surface area contributed by atoms with Gasteiger partial charge in [-0.05, 0) is 42.9 Å². The Labute approximate surface area is 158 Å². The smallest absolute Gasteiger partial charge is 0.233 e. The van der Waals surface area contributed by atoms with E-state index in [-0.39, 0.29) is 48.0 Å². The zero-order valence-corrected chi connectivity index (χ0v) is 15.7. The van der Waals surface area contributed by atoms with Gasteiger partial charge in [0, 0.05) is 25.9 Å². The van der Waals surface area contributed by atoms with Crippen molar-refractivity contribution in [3.63, 3.8) is 0 Å². The second-order valence-electron chi connectivity index (χ2n) is 7.66. The van der Waals surface area contributed by atoms with Crippen LogP contribution in [0.4, 0.5) is 4.39 Å². The first-order valence-corrected chi connectivity index (χ1v) is 9.28. The minimum Gasteiger partial charge on any atom is -0.494 e. The molecule has 1 unspecified atom stereocenters. The number of hydrogen-bond donors (Lipinski definition) is 1. The van der Waals surface area contributed by atoms with Gasteiger partial charge in [-0.1, -0.05) is 13.0 Å². The first kappa shape index (κ1) is 19.3. The molecule has 3 rings (SSSR count). The summed E-state index contributed by atoms with van der Waals surface area (Å²) in [4.78, 5) is 37.6. The third-order valence-corrected chi connectivity index (χ3v) is 5.74. The number of piperidine rings is 1. The van der Waals surface area contributed by atoms with E-state index in [4.69, 9.17) is 4.74 Å². The fourth-order valence-corrected chi connectivity index (χ4v) is 3.89. The van der Waals surface area contributed by atoms with Crippen LogP contribution in [0.25, 0.3) is 0 Å². The third kappa shape index (κ3) is 4.12. The van der Waals surface area contributed by atoms with Gasteiger partial charge in [0.1, 0.15) is 0 Å². The molecule has 2 saturated heterocycles. The Bertz CT molecular complexity index is 758. The molecule has 0 aromatic heterocycles. The monoisotopic (exact) mass is 376 g/mol. The number of methoxy groups -OCH3 is 1. The number of halogens is 1. The molecule has 1 aromatic rings. The van der Waals surface area contributed by atoms with Crippen molar-refractivity contribution in [2.45, 2.75) is 44.9 Å². The normalized spacial score (nSPS) is 23.4. The molecular formula is C20H25FN2O4. The summed E-state index contributed by atoms with van der Waals surface area (Å²) < 4.78 is 18.6. The molecule has 0 aliphatic carbocycles. The summed E-state index contributed by atoms with van der Waals surface area (Å²) in [7, 11) is 1.45. The van der Waals surface area contributed by atoms with Gasteiger partial charge in [-0.25, -0.2) is 4.39 Å². The summed E-state index contributed by atoms with van der Waals surface area (Å²) >= 11 is 0. The number of benzene rings is 1. The van der Waals surface area contributed by atoms with Crippen LogP contribution in [0, 0.1) is 11.2 Å². The van der Waals surface area contributed by atoms with Crippen LogP contribution >= 0.6 is 0 Å². The lowest BCUT2D eigenvalue weighted by Crippen LogP contribution is -2.39. The van der Waals surface area contributed by atoms with Crippen molar-refractivity contribution < 1.29 is 23.5 Å². The highest BCUT2D eigenvalue weighted by molar-refractivity contribution is 6.05. The van der Waals surface area contributed by atoms with Crippen LogP contribution in [0.2, 0.25) is 0 Å². The van der Waals surface area contributed by atoms with E-state index in [9.17, 15) is 18.8 Å². The fourth-order valence-electron chi connectivity index (χ4n) is 3.89. The highest BCUT2D eigenvalue weighted by Crippen LogP contribution is 2.34. The molecule has 1 aromatic carbocycles. The first-order chi connectivity index (χ1) is 12.8. The largest absolute Gasteiger partial charge is 0.494 e. The number of imide groups is 1. The Balaban J connectivity index is 1.52. The zero-order valence-electron chi connectivity index (χ0n) is 15.7. The van der Waals surface area contributed by atoms with Gasteiger partial charge >= 0.3 is 0 Å². The third-order valence-electron chi connectivity index (χ3n) is 5.74. The molecule has 1 atom stereocenters. The van der Waals surface area contributed by atoms with Crippen LogP contribution in [-0.2, 0) is 14.4 Å². The van der Waals surface area contributed by atoms with E-state index in [0.717, 1.165) is 18.4 Å². The maximum absolute atomic E-state index is 13.6. The van der Waals surface area contributed by atoms with Gasteiger partial charge in [-0.3, -0.25) is 19.7 Å². The highest BCUT2D eigenvalue weighted by atomic mass is 19.1. The minimum atomic E-state index is -0.782. The number of amides is 3. The van der Waals surface area contributed by atoms with Crippen LogP contribution in [0.3, 0.4) is 0 Å². The number of hydrogen-bond acceptors (Lipinski definition) is 4. The van der Waals surface area contributed by atoms with Crippen molar-refractivity contribution in [1.29, 1.82) is 0 Å². The van der Waals surface area contributed by atoms with Crippen molar-refractivity contribution in [2.75, 3.05) is 20.2 Å². The first-order valence-electron chi connectivity index (χ1n) is 9.28. The predicted octanol–water partition coefficient (Wildman–Crippen LogP) is 2.37. The van der Waals surface area contributed by atoms with Gasteiger partial charge in [0.15, 0.2) is 11.6 Å². The Morgan fingerprint density at radius 2 is 2.04 bits per heavy atom. The highest BCUT2D eigenvalue weighted by Gasteiger charge is 2.42. The SMILES string of the molecule is COc1cc(C2CCN(C(=O)CCC3(C)CC(=O)NC3=O)CC2)ccc1F. The van der Waals surface area contributed by atoms with E-state index < -0.39 is 5.41 Å². The number of nitrogens with one attached hydrogen (secondary N) is 1. The predicted molar refractivity (Wildman–Crippen MR) is 96.6 cm³/mol. The molecule has 2 fully saturated rings. The number of rotatable bonds is 5. The van der Waals surface area contributed by atoms with Crippen LogP contribution in [0.5, 0.6) is 5.75 Å². The number of likely N-dealkylation sites (tertiary alicyclic amines) is 1. The zero-order chi connectivity index (χ0) is 19.6. The molecule has 146 valence electrons. The van der Waals surface area contributed by atoms with Crippen LogP contribution < -0.4 is 10.1 Å². The number of nitrogens with zero attached hydrogens (tertiary/aromatic N) is 1. The average molecular weight is 376 g/mol. The molecule has 0 spiro atoms. The van der Waals surface area contributed by atoms with E-state index in [1.165, 1.54) is 13.2 Å². The number of carbonyl (C=O) groups excluding carboxylic acids is 3. The molecule has 7 heteroatoms. The van der Waals surface area contributed by atoms with Crippen molar-refractivity contribution in [2.24, 2.45) is 5.41 Å². The van der Waals surface area contributed by atoms with Crippen molar-refractivity contribution in [3.05, 3.63) is 29.6 Å². The summed E-state index contributed by atoms with van der Waals surface area (Å²) in [6.07, 6.45) is 2.38. The summed E-state index contributed by atoms with van der Waals surface area (Å²) in [6, 6.07) is 4.92. The van der Waals surface area contributed by atoms with Gasteiger partial charge in [0.25, 0.3) is 0 Å².